The van der Waals surface area contributed by atoms with E-state index in [4.69, 9.17) is 0 Å². The summed E-state index contributed by atoms with van der Waals surface area (Å²) in [5, 5.41) is 49.5. The number of nitrogens with zero attached hydrogens (tertiary/aromatic N) is 1. The van der Waals surface area contributed by atoms with Gasteiger partial charge in [-0.05, 0) is 52.7 Å². The zero-order valence-electron chi connectivity index (χ0n) is 34.4. The number of aromatic amines is 1. The Bertz CT molecular complexity index is 1810. The van der Waals surface area contributed by atoms with Crippen molar-refractivity contribution in [2.24, 2.45) is 5.41 Å². The third-order valence-corrected chi connectivity index (χ3v) is 9.13. The molecule has 0 saturated carbocycles. The molecule has 12 N–H and O–H groups in total. The highest BCUT2D eigenvalue weighted by Crippen LogP contribution is 2.19. The topological polar surface area (TPSA) is 322 Å². The summed E-state index contributed by atoms with van der Waals surface area (Å²) in [6, 6.07) is 0.300. The molecule has 0 aliphatic carbocycles. The van der Waals surface area contributed by atoms with Gasteiger partial charge in [0.15, 0.2) is 0 Å². The fourth-order valence-corrected chi connectivity index (χ4v) is 5.40. The lowest BCUT2D eigenvalue weighted by Crippen LogP contribution is -2.66. The van der Waals surface area contributed by atoms with E-state index < -0.39 is 120 Å². The molecule has 8 amide bonds. The van der Waals surface area contributed by atoms with Crippen molar-refractivity contribution in [3.8, 4) is 0 Å². The number of carbonyl (C=O) groups excluding carboxylic acids is 8. The fourth-order valence-electron chi connectivity index (χ4n) is 5.40. The number of H-pyrrole nitrogens is 1. The Balaban J connectivity index is 2.12. The van der Waals surface area contributed by atoms with Gasteiger partial charge in [-0.25, -0.2) is 9.37 Å². The van der Waals surface area contributed by atoms with Gasteiger partial charge in [-0.1, -0.05) is 25.1 Å². The molecule has 21 nitrogen and oxygen atoms in total. The monoisotopic (exact) mass is 848 g/mol. The third-order valence-electron chi connectivity index (χ3n) is 9.13. The SMILES string of the molecule is CCCNC(=O)C(CO)NC(=O)C(NC(=O)C(C)(Cc1ccccc1F)NC(=O)C(NC(=O)CNC(=O)CNC(=O)C(C)(C)C(=O)NCCc1cnc[nH]1)[C@@H](C)O)[C@@H](C)O. The minimum absolute atomic E-state index is 0.0665. The van der Waals surface area contributed by atoms with Crippen LogP contribution in [0.3, 0.4) is 0 Å². The summed E-state index contributed by atoms with van der Waals surface area (Å²) in [6.07, 6.45) is 0.327. The maximum absolute atomic E-state index is 14.9. The number of carbonyl (C=O) groups is 8. The molecule has 0 fully saturated rings. The van der Waals surface area contributed by atoms with Crippen molar-refractivity contribution < 1.29 is 58.1 Å². The number of nitrogens with one attached hydrogen (secondary N) is 9. The average molecular weight is 849 g/mol. The van der Waals surface area contributed by atoms with Crippen LogP contribution >= 0.6 is 0 Å². The van der Waals surface area contributed by atoms with Crippen LogP contribution in [0, 0.1) is 11.2 Å². The number of hydrogen-bond acceptors (Lipinski definition) is 12. The van der Waals surface area contributed by atoms with E-state index >= 15 is 0 Å². The van der Waals surface area contributed by atoms with Gasteiger partial charge in [0, 0.05) is 37.8 Å². The second-order valence-corrected chi connectivity index (χ2v) is 14.8. The summed E-state index contributed by atoms with van der Waals surface area (Å²) < 4.78 is 14.9. The van der Waals surface area contributed by atoms with Gasteiger partial charge in [-0.3, -0.25) is 38.4 Å². The average Bonchev–Trinajstić information content (AvgIpc) is 3.72. The number of halogens is 1. The van der Waals surface area contributed by atoms with E-state index in [1.54, 1.807) is 13.1 Å². The van der Waals surface area contributed by atoms with Crippen LogP contribution < -0.4 is 42.5 Å². The Kier molecular flexibility index (Phi) is 19.7. The van der Waals surface area contributed by atoms with E-state index in [9.17, 15) is 58.1 Å². The maximum atomic E-state index is 14.9. The molecule has 22 heteroatoms. The molecule has 0 aliphatic rings. The van der Waals surface area contributed by atoms with Gasteiger partial charge < -0.3 is 62.8 Å². The lowest BCUT2D eigenvalue weighted by atomic mass is 9.90. The van der Waals surface area contributed by atoms with Gasteiger partial charge in [0.2, 0.25) is 47.3 Å². The molecule has 60 heavy (non-hydrogen) atoms. The maximum Gasteiger partial charge on any atom is 0.246 e. The van der Waals surface area contributed by atoms with E-state index in [1.165, 1.54) is 45.3 Å². The number of imidazole rings is 1. The van der Waals surface area contributed by atoms with Crippen LogP contribution in [0.15, 0.2) is 36.8 Å². The fraction of sp³-hybridized carbons (Fsp3) is 0.553. The van der Waals surface area contributed by atoms with E-state index in [0.717, 1.165) is 25.6 Å². The summed E-state index contributed by atoms with van der Waals surface area (Å²) in [7, 11) is 0. The number of rotatable bonds is 24. The Morgan fingerprint density at radius 2 is 1.38 bits per heavy atom. The molecule has 2 aromatic rings. The number of hydrogen-bond donors (Lipinski definition) is 12. The van der Waals surface area contributed by atoms with Gasteiger partial charge in [0.1, 0.15) is 34.9 Å². The smallest absolute Gasteiger partial charge is 0.246 e. The highest BCUT2D eigenvalue weighted by atomic mass is 19.1. The third kappa shape index (κ3) is 15.3. The quantitative estimate of drug-likeness (QED) is 0.0455. The van der Waals surface area contributed by atoms with Crippen LogP contribution in [0.1, 0.15) is 59.2 Å². The van der Waals surface area contributed by atoms with Crippen molar-refractivity contribution >= 4 is 47.3 Å². The molecule has 0 saturated heterocycles. The Hall–Kier alpha value is -6.00. The summed E-state index contributed by atoms with van der Waals surface area (Å²) in [4.78, 5) is 111. The second-order valence-electron chi connectivity index (χ2n) is 14.8. The summed E-state index contributed by atoms with van der Waals surface area (Å²) in [5.41, 5.74) is -3.01. The molecule has 0 spiro atoms. The van der Waals surface area contributed by atoms with Crippen LogP contribution in [0.4, 0.5) is 4.39 Å². The van der Waals surface area contributed by atoms with Crippen LogP contribution in [-0.4, -0.2) is 141 Å². The second kappa shape index (κ2) is 23.6. The number of benzene rings is 1. The van der Waals surface area contributed by atoms with Crippen molar-refractivity contribution in [3.63, 3.8) is 0 Å². The minimum atomic E-state index is -2.14. The standard InChI is InChI=1S/C38H57FN10O11/c1-7-13-41-31(55)26(19-50)46-32(56)29(21(2)51)48-36(60)38(6,15-23-10-8-9-11-25(23)39)49-33(57)30(22(3)52)47-28(54)18-43-27(53)17-44-35(59)37(4,5)34(58)42-14-12-24-16-40-20-45-24/h8-11,16,20-22,26,29-30,50-52H,7,12-15,17-19H2,1-6H3,(H,40,45)(H,41,55)(H,42,58)(H,43,53)(H,44,59)(H,46,56)(H,47,54)(H,48,60)(H,49,57)/t21-,22-,26?,29?,30?,38?/m1/s1. The normalized spacial score (nSPS) is 14.7. The largest absolute Gasteiger partial charge is 0.394 e. The van der Waals surface area contributed by atoms with Crippen molar-refractivity contribution in [3.05, 3.63) is 53.9 Å². The molecule has 4 unspecified atom stereocenters. The minimum Gasteiger partial charge on any atom is -0.394 e. The van der Waals surface area contributed by atoms with Crippen LogP contribution in [0.5, 0.6) is 0 Å². The zero-order chi connectivity index (χ0) is 45.2. The van der Waals surface area contributed by atoms with Crippen LogP contribution in [0.25, 0.3) is 0 Å². The van der Waals surface area contributed by atoms with E-state index in [1.807, 2.05) is 0 Å². The predicted molar refractivity (Wildman–Crippen MR) is 211 cm³/mol. The molecule has 2 rings (SSSR count). The molecule has 0 bridgehead atoms. The van der Waals surface area contributed by atoms with Crippen molar-refractivity contribution in [1.82, 2.24) is 52.5 Å². The highest BCUT2D eigenvalue weighted by Gasteiger charge is 2.42. The lowest BCUT2D eigenvalue weighted by molar-refractivity contribution is -0.142. The number of aromatic nitrogens is 2. The van der Waals surface area contributed by atoms with Gasteiger partial charge in [0.25, 0.3) is 0 Å². The first-order valence-corrected chi connectivity index (χ1v) is 19.2. The number of aliphatic hydroxyl groups excluding tert-OH is 3. The van der Waals surface area contributed by atoms with Crippen molar-refractivity contribution in [2.75, 3.05) is 32.8 Å². The zero-order valence-corrected chi connectivity index (χ0v) is 34.4. The number of amides is 8. The first-order chi connectivity index (χ1) is 28.2. The van der Waals surface area contributed by atoms with Crippen molar-refractivity contribution in [1.29, 1.82) is 0 Å². The van der Waals surface area contributed by atoms with Crippen LogP contribution in [0.2, 0.25) is 0 Å². The van der Waals surface area contributed by atoms with E-state index in [0.29, 0.717) is 12.8 Å². The molecule has 6 atom stereocenters. The molecular formula is C38H57FN10O11. The summed E-state index contributed by atoms with van der Waals surface area (Å²) >= 11 is 0. The van der Waals surface area contributed by atoms with Gasteiger partial charge in [-0.15, -0.1) is 0 Å². The Morgan fingerprint density at radius 3 is 1.97 bits per heavy atom. The number of aliphatic hydroxyl groups is 3. The highest BCUT2D eigenvalue weighted by molar-refractivity contribution is 6.05. The molecule has 332 valence electrons. The molecule has 1 aromatic heterocycles. The Morgan fingerprint density at radius 1 is 0.767 bits per heavy atom. The molecular weight excluding hydrogens is 791 g/mol. The molecule has 1 aromatic carbocycles. The predicted octanol–water partition coefficient (Wildman–Crippen LogP) is -3.68. The van der Waals surface area contributed by atoms with Gasteiger partial charge >= 0.3 is 0 Å². The Labute approximate surface area is 346 Å². The lowest BCUT2D eigenvalue weighted by Gasteiger charge is -2.34. The van der Waals surface area contributed by atoms with Gasteiger partial charge in [-0.2, -0.15) is 0 Å². The molecule has 1 heterocycles. The van der Waals surface area contributed by atoms with Gasteiger partial charge in [0.05, 0.1) is 38.2 Å². The first-order valence-electron chi connectivity index (χ1n) is 19.2. The van der Waals surface area contributed by atoms with E-state index in [2.05, 4.69) is 52.5 Å². The molecule has 0 radical (unpaired) electrons. The molecule has 0 aliphatic heterocycles. The van der Waals surface area contributed by atoms with E-state index in [-0.39, 0.29) is 18.7 Å². The first kappa shape index (κ1) is 50.1. The van der Waals surface area contributed by atoms with Crippen molar-refractivity contribution in [2.45, 2.75) is 96.7 Å². The van der Waals surface area contributed by atoms with Crippen LogP contribution in [-0.2, 0) is 51.2 Å². The summed E-state index contributed by atoms with van der Waals surface area (Å²) in [5.74, 6) is -8.05. The summed E-state index contributed by atoms with van der Waals surface area (Å²) in [6.45, 7) is 6.24.